The largest absolute Gasteiger partial charge is 0.489 e. The summed E-state index contributed by atoms with van der Waals surface area (Å²) in [6.45, 7) is 1.70. The Bertz CT molecular complexity index is 887. The molecule has 0 aromatic heterocycles. The maximum atomic E-state index is 9.85. The molecule has 3 aromatic rings. The van der Waals surface area contributed by atoms with Crippen LogP contribution in [0.25, 0.3) is 0 Å². The van der Waals surface area contributed by atoms with Gasteiger partial charge in [0.25, 0.3) is 0 Å². The number of hydrogen-bond acceptors (Lipinski definition) is 4. The molecule has 176 valence electrons. The lowest BCUT2D eigenvalue weighted by Gasteiger charge is -2.22. The summed E-state index contributed by atoms with van der Waals surface area (Å²) in [5.74, 6) is 2.67. The van der Waals surface area contributed by atoms with Crippen molar-refractivity contribution in [2.24, 2.45) is 5.92 Å². The van der Waals surface area contributed by atoms with Crippen molar-refractivity contribution in [1.82, 2.24) is 5.32 Å². The molecule has 0 aliphatic heterocycles. The Kier molecular flexibility index (Phi) is 11.4. The average molecular weight is 464 g/mol. The van der Waals surface area contributed by atoms with Crippen molar-refractivity contribution < 1.29 is 9.84 Å². The third kappa shape index (κ3) is 9.63. The smallest absolute Gasteiger partial charge is 0.119 e. The van der Waals surface area contributed by atoms with E-state index in [1.807, 2.05) is 36.0 Å². The van der Waals surface area contributed by atoms with Gasteiger partial charge in [-0.15, -0.1) is 0 Å². The molecular weight excluding hydrogens is 426 g/mol. The molecule has 0 aliphatic carbocycles. The molecule has 2 unspecified atom stereocenters. The fourth-order valence-electron chi connectivity index (χ4n) is 3.93. The van der Waals surface area contributed by atoms with Crippen LogP contribution in [0.4, 0.5) is 0 Å². The minimum absolute atomic E-state index is 0.102. The number of aryl methyl sites for hydroxylation is 1. The van der Waals surface area contributed by atoms with Gasteiger partial charge in [-0.3, -0.25) is 0 Å². The summed E-state index contributed by atoms with van der Waals surface area (Å²) in [5, 5.41) is 13.5. The van der Waals surface area contributed by atoms with Crippen LogP contribution in [0, 0.1) is 5.92 Å². The summed E-state index contributed by atoms with van der Waals surface area (Å²) >= 11 is 1.91. The molecule has 0 aliphatic rings. The first kappa shape index (κ1) is 25.4. The maximum Gasteiger partial charge on any atom is 0.119 e. The topological polar surface area (TPSA) is 41.5 Å². The van der Waals surface area contributed by atoms with E-state index in [-0.39, 0.29) is 12.6 Å². The minimum Gasteiger partial charge on any atom is -0.489 e. The number of hydrogen-bond donors (Lipinski definition) is 2. The molecule has 3 nitrogen and oxygen atoms in total. The highest BCUT2D eigenvalue weighted by Gasteiger charge is 2.13. The van der Waals surface area contributed by atoms with Crippen molar-refractivity contribution in [3.8, 4) is 5.75 Å². The molecule has 0 radical (unpaired) electrons. The summed E-state index contributed by atoms with van der Waals surface area (Å²) in [7, 11) is 0. The Balaban J connectivity index is 1.46. The van der Waals surface area contributed by atoms with E-state index in [0.717, 1.165) is 31.6 Å². The molecule has 3 aromatic carbocycles. The van der Waals surface area contributed by atoms with Gasteiger partial charge in [0, 0.05) is 6.04 Å². The molecule has 4 heteroatoms. The highest BCUT2D eigenvalue weighted by atomic mass is 32.2. The lowest BCUT2D eigenvalue weighted by Crippen LogP contribution is -2.38. The van der Waals surface area contributed by atoms with Gasteiger partial charge in [-0.25, -0.2) is 0 Å². The fraction of sp³-hybridized carbons (Fsp3) is 0.379. The zero-order valence-corrected chi connectivity index (χ0v) is 20.5. The molecule has 0 heterocycles. The van der Waals surface area contributed by atoms with Crippen LogP contribution in [-0.2, 0) is 19.4 Å². The molecule has 33 heavy (non-hydrogen) atoms. The number of thioether (sulfide) groups is 1. The highest BCUT2D eigenvalue weighted by Crippen LogP contribution is 2.19. The van der Waals surface area contributed by atoms with E-state index in [9.17, 15) is 5.11 Å². The summed E-state index contributed by atoms with van der Waals surface area (Å²) < 4.78 is 5.92. The van der Waals surface area contributed by atoms with E-state index >= 15 is 0 Å². The van der Waals surface area contributed by atoms with Crippen LogP contribution in [0.2, 0.25) is 0 Å². The Morgan fingerprint density at radius 3 is 2.12 bits per heavy atom. The van der Waals surface area contributed by atoms with Gasteiger partial charge in [-0.2, -0.15) is 11.8 Å². The van der Waals surface area contributed by atoms with Crippen molar-refractivity contribution in [3.63, 3.8) is 0 Å². The Morgan fingerprint density at radius 1 is 0.818 bits per heavy atom. The molecule has 2 atom stereocenters. The maximum absolute atomic E-state index is 9.85. The normalized spacial score (nSPS) is 12.9. The number of rotatable bonds is 15. The number of ether oxygens (including phenoxy) is 1. The average Bonchev–Trinajstić information content (AvgIpc) is 2.88. The van der Waals surface area contributed by atoms with E-state index in [4.69, 9.17) is 4.74 Å². The molecule has 3 rings (SSSR count). The zero-order chi connectivity index (χ0) is 23.1. The van der Waals surface area contributed by atoms with Crippen molar-refractivity contribution in [2.45, 2.75) is 38.3 Å². The van der Waals surface area contributed by atoms with Crippen LogP contribution >= 0.6 is 11.8 Å². The summed E-state index contributed by atoms with van der Waals surface area (Å²) in [6, 6.07) is 29.3. The van der Waals surface area contributed by atoms with Crippen molar-refractivity contribution in [3.05, 3.63) is 102 Å². The lowest BCUT2D eigenvalue weighted by molar-refractivity contribution is 0.234. The molecule has 0 spiro atoms. The first-order valence-corrected chi connectivity index (χ1v) is 13.3. The standard InChI is InChI=1S/C29H37NO2S/c1-33-19-18-26(21-30-28(22-31)20-25-8-4-2-5-9-25)13-12-24-14-16-29(17-15-24)32-23-27-10-6-3-7-11-27/h2-11,14-17,26,28,30-31H,12-13,18-23H2,1H3. The van der Waals surface area contributed by atoms with Crippen molar-refractivity contribution in [1.29, 1.82) is 0 Å². The summed E-state index contributed by atoms with van der Waals surface area (Å²) in [5.41, 5.74) is 3.79. The Hall–Kier alpha value is -2.27. The van der Waals surface area contributed by atoms with Crippen LogP contribution in [0.1, 0.15) is 29.5 Å². The van der Waals surface area contributed by atoms with Crippen LogP contribution in [0.15, 0.2) is 84.9 Å². The van der Waals surface area contributed by atoms with Gasteiger partial charge in [-0.05, 0) is 79.0 Å². The summed E-state index contributed by atoms with van der Waals surface area (Å²) in [6.07, 6.45) is 6.42. The van der Waals surface area contributed by atoms with E-state index in [1.165, 1.54) is 28.9 Å². The molecule has 0 amide bonds. The van der Waals surface area contributed by atoms with Crippen LogP contribution in [-0.4, -0.2) is 36.3 Å². The predicted molar refractivity (Wildman–Crippen MR) is 141 cm³/mol. The summed E-state index contributed by atoms with van der Waals surface area (Å²) in [4.78, 5) is 0. The Morgan fingerprint density at radius 2 is 1.48 bits per heavy atom. The first-order valence-electron chi connectivity index (χ1n) is 11.9. The van der Waals surface area contributed by atoms with Crippen molar-refractivity contribution in [2.75, 3.05) is 25.2 Å². The molecule has 0 fully saturated rings. The Labute approximate surface area is 203 Å². The first-order chi connectivity index (χ1) is 16.3. The molecule has 0 saturated carbocycles. The zero-order valence-electron chi connectivity index (χ0n) is 19.7. The second-order valence-corrected chi connectivity index (χ2v) is 9.57. The monoisotopic (exact) mass is 463 g/mol. The van der Waals surface area contributed by atoms with Gasteiger partial charge >= 0.3 is 0 Å². The third-order valence-electron chi connectivity index (χ3n) is 5.98. The lowest BCUT2D eigenvalue weighted by atomic mass is 9.96. The van der Waals surface area contributed by atoms with Gasteiger partial charge in [0.2, 0.25) is 0 Å². The number of aliphatic hydroxyl groups excluding tert-OH is 1. The highest BCUT2D eigenvalue weighted by molar-refractivity contribution is 7.98. The van der Waals surface area contributed by atoms with Gasteiger partial charge in [0.05, 0.1) is 6.61 Å². The third-order valence-corrected chi connectivity index (χ3v) is 6.63. The van der Waals surface area contributed by atoms with Gasteiger partial charge in [-0.1, -0.05) is 72.8 Å². The molecular formula is C29H37NO2S. The predicted octanol–water partition coefficient (Wildman–Crippen LogP) is 5.76. The number of benzene rings is 3. The van der Waals surface area contributed by atoms with Crippen LogP contribution in [0.5, 0.6) is 5.75 Å². The van der Waals surface area contributed by atoms with E-state index in [1.54, 1.807) is 0 Å². The van der Waals surface area contributed by atoms with E-state index < -0.39 is 0 Å². The molecule has 2 N–H and O–H groups in total. The molecule has 0 saturated heterocycles. The minimum atomic E-state index is 0.102. The number of aliphatic hydroxyl groups is 1. The second kappa shape index (κ2) is 14.8. The quantitative estimate of drug-likeness (QED) is 0.301. The van der Waals surface area contributed by atoms with E-state index in [2.05, 4.69) is 72.2 Å². The van der Waals surface area contributed by atoms with Gasteiger partial charge < -0.3 is 15.2 Å². The second-order valence-electron chi connectivity index (χ2n) is 8.58. The SMILES string of the molecule is CSCCC(CCc1ccc(OCc2ccccc2)cc1)CNC(CO)Cc1ccccc1. The van der Waals surface area contributed by atoms with Crippen LogP contribution in [0.3, 0.4) is 0 Å². The number of nitrogens with one attached hydrogen (secondary N) is 1. The van der Waals surface area contributed by atoms with Gasteiger partial charge in [0.1, 0.15) is 12.4 Å². The van der Waals surface area contributed by atoms with E-state index in [0.29, 0.717) is 12.5 Å². The molecule has 0 bridgehead atoms. The van der Waals surface area contributed by atoms with Crippen LogP contribution < -0.4 is 10.1 Å². The van der Waals surface area contributed by atoms with Crippen molar-refractivity contribution >= 4 is 11.8 Å². The fourth-order valence-corrected chi connectivity index (χ4v) is 4.50. The van der Waals surface area contributed by atoms with Gasteiger partial charge in [0.15, 0.2) is 0 Å².